The minimum atomic E-state index is -0.201. The molecule has 0 saturated heterocycles. The lowest BCUT2D eigenvalue weighted by Gasteiger charge is -2.06. The van der Waals surface area contributed by atoms with Gasteiger partial charge in [-0.25, -0.2) is 4.98 Å². The molecule has 0 aliphatic carbocycles. The zero-order valence-electron chi connectivity index (χ0n) is 13.6. The number of nitrogens with zero attached hydrogens (tertiary/aromatic N) is 2. The van der Waals surface area contributed by atoms with Gasteiger partial charge < -0.3 is 9.73 Å². The van der Waals surface area contributed by atoms with E-state index in [0.29, 0.717) is 28.4 Å². The van der Waals surface area contributed by atoms with Crippen molar-refractivity contribution < 1.29 is 9.21 Å². The number of terminal acetylenes is 1. The van der Waals surface area contributed by atoms with E-state index in [9.17, 15) is 4.79 Å². The van der Waals surface area contributed by atoms with E-state index in [-0.39, 0.29) is 5.91 Å². The van der Waals surface area contributed by atoms with Crippen LogP contribution in [-0.2, 0) is 0 Å². The monoisotopic (exact) mass is 339 g/mol. The standard InChI is InChI=1S/C21H13N3O2/c1-2-14-5-7-15(8-6-14)20(25)23-17-11-9-16(10-12-17)21-24-19-18(26-21)4-3-13-22-19/h1,3-13H,(H,23,25). The van der Waals surface area contributed by atoms with Gasteiger partial charge in [0.15, 0.2) is 11.2 Å². The Labute approximate surface area is 149 Å². The summed E-state index contributed by atoms with van der Waals surface area (Å²) in [4.78, 5) is 20.8. The number of oxazole rings is 1. The molecule has 5 heteroatoms. The van der Waals surface area contributed by atoms with Crippen LogP contribution < -0.4 is 5.32 Å². The number of anilines is 1. The van der Waals surface area contributed by atoms with Gasteiger partial charge >= 0.3 is 0 Å². The molecule has 1 amide bonds. The third-order valence-electron chi connectivity index (χ3n) is 3.87. The Bertz CT molecular complexity index is 1090. The Morgan fingerprint density at radius 2 is 1.81 bits per heavy atom. The molecule has 0 atom stereocenters. The van der Waals surface area contributed by atoms with E-state index in [2.05, 4.69) is 21.2 Å². The van der Waals surface area contributed by atoms with Crippen molar-refractivity contribution in [1.29, 1.82) is 0 Å². The largest absolute Gasteiger partial charge is 0.434 e. The number of pyridine rings is 1. The second kappa shape index (κ2) is 6.54. The van der Waals surface area contributed by atoms with Crippen LogP contribution in [0.25, 0.3) is 22.7 Å². The summed E-state index contributed by atoms with van der Waals surface area (Å²) >= 11 is 0. The summed E-state index contributed by atoms with van der Waals surface area (Å²) in [5, 5.41) is 2.85. The van der Waals surface area contributed by atoms with Gasteiger partial charge in [0.1, 0.15) is 0 Å². The average Bonchev–Trinajstić information content (AvgIpc) is 3.13. The van der Waals surface area contributed by atoms with Crippen molar-refractivity contribution in [3.05, 3.63) is 78.0 Å². The quantitative estimate of drug-likeness (QED) is 0.570. The lowest BCUT2D eigenvalue weighted by Crippen LogP contribution is -2.11. The molecular weight excluding hydrogens is 326 g/mol. The van der Waals surface area contributed by atoms with E-state index in [1.165, 1.54) is 0 Å². The Hall–Kier alpha value is -3.91. The molecule has 0 fully saturated rings. The number of hydrogen-bond acceptors (Lipinski definition) is 4. The first kappa shape index (κ1) is 15.6. The summed E-state index contributed by atoms with van der Waals surface area (Å²) in [6.07, 6.45) is 6.99. The fourth-order valence-electron chi connectivity index (χ4n) is 2.51. The molecule has 0 saturated carbocycles. The topological polar surface area (TPSA) is 68.0 Å². The third kappa shape index (κ3) is 3.04. The highest BCUT2D eigenvalue weighted by Crippen LogP contribution is 2.24. The zero-order valence-corrected chi connectivity index (χ0v) is 13.6. The van der Waals surface area contributed by atoms with E-state index < -0.39 is 0 Å². The summed E-state index contributed by atoms with van der Waals surface area (Å²) in [6, 6.07) is 17.7. The molecule has 5 nitrogen and oxygen atoms in total. The lowest BCUT2D eigenvalue weighted by molar-refractivity contribution is 0.102. The van der Waals surface area contributed by atoms with Crippen molar-refractivity contribution in [3.63, 3.8) is 0 Å². The molecule has 0 aliphatic heterocycles. The summed E-state index contributed by atoms with van der Waals surface area (Å²) in [7, 11) is 0. The molecule has 0 radical (unpaired) electrons. The number of fused-ring (bicyclic) bond motifs is 1. The van der Waals surface area contributed by atoms with Crippen LogP contribution in [-0.4, -0.2) is 15.9 Å². The number of amides is 1. The van der Waals surface area contributed by atoms with Gasteiger partial charge in [0, 0.05) is 28.6 Å². The second-order valence-electron chi connectivity index (χ2n) is 5.60. The number of carbonyl (C=O) groups excluding carboxylic acids is 1. The molecule has 2 aromatic carbocycles. The summed E-state index contributed by atoms with van der Waals surface area (Å²) in [6.45, 7) is 0. The van der Waals surface area contributed by atoms with Gasteiger partial charge in [0.2, 0.25) is 5.89 Å². The normalized spacial score (nSPS) is 10.4. The van der Waals surface area contributed by atoms with E-state index in [0.717, 1.165) is 11.1 Å². The average molecular weight is 339 g/mol. The Morgan fingerprint density at radius 1 is 1.04 bits per heavy atom. The molecule has 4 aromatic rings. The van der Waals surface area contributed by atoms with Gasteiger partial charge in [-0.2, -0.15) is 4.98 Å². The lowest BCUT2D eigenvalue weighted by atomic mass is 10.1. The minimum absolute atomic E-state index is 0.201. The van der Waals surface area contributed by atoms with Gasteiger partial charge in [-0.1, -0.05) is 5.92 Å². The third-order valence-corrected chi connectivity index (χ3v) is 3.87. The molecule has 0 spiro atoms. The van der Waals surface area contributed by atoms with Crippen molar-refractivity contribution in [2.24, 2.45) is 0 Å². The van der Waals surface area contributed by atoms with Crippen molar-refractivity contribution in [2.75, 3.05) is 5.32 Å². The predicted octanol–water partition coefficient (Wildman–Crippen LogP) is 4.12. The van der Waals surface area contributed by atoms with Crippen LogP contribution in [0, 0.1) is 12.3 Å². The minimum Gasteiger partial charge on any atom is -0.434 e. The molecule has 26 heavy (non-hydrogen) atoms. The fraction of sp³-hybridized carbons (Fsp3) is 0. The van der Waals surface area contributed by atoms with Crippen LogP contribution in [0.3, 0.4) is 0 Å². The van der Waals surface area contributed by atoms with Gasteiger partial charge in [0.05, 0.1) is 0 Å². The highest BCUT2D eigenvalue weighted by Gasteiger charge is 2.10. The first-order chi connectivity index (χ1) is 12.7. The zero-order chi connectivity index (χ0) is 17.9. The smallest absolute Gasteiger partial charge is 0.255 e. The molecule has 124 valence electrons. The van der Waals surface area contributed by atoms with Gasteiger partial charge in [-0.15, -0.1) is 6.42 Å². The van der Waals surface area contributed by atoms with Crippen LogP contribution in [0.2, 0.25) is 0 Å². The second-order valence-corrected chi connectivity index (χ2v) is 5.60. The molecular formula is C21H13N3O2. The van der Waals surface area contributed by atoms with Crippen LogP contribution in [0.15, 0.2) is 71.3 Å². The maximum atomic E-state index is 12.3. The van der Waals surface area contributed by atoms with Gasteiger partial charge in [-0.3, -0.25) is 4.79 Å². The Kier molecular flexibility index (Phi) is 3.92. The number of carbonyl (C=O) groups is 1. The maximum Gasteiger partial charge on any atom is 0.255 e. The molecule has 2 heterocycles. The molecule has 1 N–H and O–H groups in total. The molecule has 0 bridgehead atoms. The van der Waals surface area contributed by atoms with E-state index in [4.69, 9.17) is 10.8 Å². The molecule has 2 aromatic heterocycles. The fourth-order valence-corrected chi connectivity index (χ4v) is 2.51. The van der Waals surface area contributed by atoms with E-state index in [1.807, 2.05) is 18.2 Å². The first-order valence-corrected chi connectivity index (χ1v) is 7.93. The SMILES string of the molecule is C#Cc1ccc(C(=O)Nc2ccc(-c3nc4ncccc4o3)cc2)cc1. The Morgan fingerprint density at radius 3 is 2.50 bits per heavy atom. The summed E-state index contributed by atoms with van der Waals surface area (Å²) < 4.78 is 5.69. The first-order valence-electron chi connectivity index (χ1n) is 7.93. The molecule has 0 aliphatic rings. The van der Waals surface area contributed by atoms with Crippen LogP contribution in [0.5, 0.6) is 0 Å². The highest BCUT2D eigenvalue weighted by molar-refractivity contribution is 6.04. The highest BCUT2D eigenvalue weighted by atomic mass is 16.3. The Balaban J connectivity index is 1.52. The number of nitrogens with one attached hydrogen (secondary N) is 1. The maximum absolute atomic E-state index is 12.3. The number of aromatic nitrogens is 2. The number of hydrogen-bond donors (Lipinski definition) is 1. The van der Waals surface area contributed by atoms with Crippen molar-refractivity contribution >= 4 is 22.8 Å². The number of rotatable bonds is 3. The van der Waals surface area contributed by atoms with E-state index >= 15 is 0 Å². The van der Waals surface area contributed by atoms with Crippen LogP contribution in [0.1, 0.15) is 15.9 Å². The van der Waals surface area contributed by atoms with Gasteiger partial charge in [0.25, 0.3) is 5.91 Å². The predicted molar refractivity (Wildman–Crippen MR) is 99.6 cm³/mol. The van der Waals surface area contributed by atoms with Gasteiger partial charge in [-0.05, 0) is 60.7 Å². The van der Waals surface area contributed by atoms with E-state index in [1.54, 1.807) is 48.7 Å². The number of benzene rings is 2. The van der Waals surface area contributed by atoms with Crippen LogP contribution in [0.4, 0.5) is 5.69 Å². The van der Waals surface area contributed by atoms with Crippen molar-refractivity contribution in [2.45, 2.75) is 0 Å². The summed E-state index contributed by atoms with van der Waals surface area (Å²) in [5.41, 5.74) is 3.95. The van der Waals surface area contributed by atoms with Crippen LogP contribution >= 0.6 is 0 Å². The van der Waals surface area contributed by atoms with Crippen molar-refractivity contribution in [3.8, 4) is 23.8 Å². The molecule has 4 rings (SSSR count). The van der Waals surface area contributed by atoms with Crippen molar-refractivity contribution in [1.82, 2.24) is 9.97 Å². The summed E-state index contributed by atoms with van der Waals surface area (Å²) in [5.74, 6) is 2.81. The molecule has 0 unspecified atom stereocenters.